The van der Waals surface area contributed by atoms with Gasteiger partial charge in [-0.2, -0.15) is 0 Å². The number of hydrogen-bond acceptors (Lipinski definition) is 3. The molecule has 1 saturated carbocycles. The summed E-state index contributed by atoms with van der Waals surface area (Å²) in [5.41, 5.74) is 0. The van der Waals surface area contributed by atoms with E-state index in [4.69, 9.17) is 11.6 Å². The minimum atomic E-state index is -0.0165. The van der Waals surface area contributed by atoms with Gasteiger partial charge in [-0.25, -0.2) is 0 Å². The molecule has 0 aromatic carbocycles. The summed E-state index contributed by atoms with van der Waals surface area (Å²) < 4.78 is 0.689. The molecule has 0 amide bonds. The average Bonchev–Trinajstić information content (AvgIpc) is 3.06. The summed E-state index contributed by atoms with van der Waals surface area (Å²) in [4.78, 5) is 15.4. The third-order valence-corrected chi connectivity index (χ3v) is 4.44. The van der Waals surface area contributed by atoms with Crippen LogP contribution in [-0.2, 0) is 0 Å². The van der Waals surface area contributed by atoms with E-state index in [-0.39, 0.29) is 11.8 Å². The molecule has 0 saturated heterocycles. The number of nitrogens with zero attached hydrogens (tertiary/aromatic N) is 1. The molecule has 1 aliphatic rings. The summed E-state index contributed by atoms with van der Waals surface area (Å²) in [5.74, 6) is 0.210. The van der Waals surface area contributed by atoms with Crippen molar-refractivity contribution >= 4 is 28.7 Å². The fourth-order valence-electron chi connectivity index (χ4n) is 2.16. The zero-order valence-corrected chi connectivity index (χ0v) is 11.9. The van der Waals surface area contributed by atoms with Crippen molar-refractivity contribution < 1.29 is 4.79 Å². The second-order valence-electron chi connectivity index (χ2n) is 4.61. The highest BCUT2D eigenvalue weighted by molar-refractivity contribution is 7.18. The minimum Gasteiger partial charge on any atom is -0.291 e. The number of carbonyl (C=O) groups is 1. The van der Waals surface area contributed by atoms with Crippen molar-refractivity contribution in [2.24, 2.45) is 0 Å². The summed E-state index contributed by atoms with van der Waals surface area (Å²) in [6.45, 7) is 5.19. The number of ketones is 1. The van der Waals surface area contributed by atoms with E-state index in [1.807, 2.05) is 13.0 Å². The molecular formula is C13H18ClNOS. The van der Waals surface area contributed by atoms with Gasteiger partial charge in [0.15, 0.2) is 5.78 Å². The highest BCUT2D eigenvalue weighted by atomic mass is 35.5. The van der Waals surface area contributed by atoms with Crippen LogP contribution in [0.3, 0.4) is 0 Å². The van der Waals surface area contributed by atoms with Gasteiger partial charge in [0.2, 0.25) is 0 Å². The molecular weight excluding hydrogens is 254 g/mol. The first kappa shape index (κ1) is 13.1. The summed E-state index contributed by atoms with van der Waals surface area (Å²) >= 11 is 7.26. The lowest BCUT2D eigenvalue weighted by Gasteiger charge is -2.27. The van der Waals surface area contributed by atoms with Crippen LogP contribution < -0.4 is 0 Å². The van der Waals surface area contributed by atoms with Crippen molar-refractivity contribution in [3.05, 3.63) is 21.3 Å². The summed E-state index contributed by atoms with van der Waals surface area (Å²) in [5, 5.41) is 0. The van der Waals surface area contributed by atoms with Gasteiger partial charge in [-0.1, -0.05) is 18.5 Å². The van der Waals surface area contributed by atoms with E-state index >= 15 is 0 Å². The molecule has 17 heavy (non-hydrogen) atoms. The van der Waals surface area contributed by atoms with E-state index in [9.17, 15) is 4.79 Å². The summed E-state index contributed by atoms with van der Waals surface area (Å²) in [6.07, 6.45) is 3.57. The predicted molar refractivity (Wildman–Crippen MR) is 73.1 cm³/mol. The van der Waals surface area contributed by atoms with E-state index < -0.39 is 0 Å². The Labute approximate surface area is 112 Å². The Balaban J connectivity index is 2.06. The fraction of sp³-hybridized carbons (Fsp3) is 0.615. The lowest BCUT2D eigenvalue weighted by atomic mass is 10.1. The van der Waals surface area contributed by atoms with Crippen LogP contribution in [0.1, 0.15) is 42.8 Å². The van der Waals surface area contributed by atoms with Crippen LogP contribution in [0.5, 0.6) is 0 Å². The third kappa shape index (κ3) is 3.09. The van der Waals surface area contributed by atoms with Crippen molar-refractivity contribution in [2.45, 2.75) is 45.2 Å². The highest BCUT2D eigenvalue weighted by Gasteiger charge is 2.34. The second-order valence-corrected chi connectivity index (χ2v) is 6.33. The van der Waals surface area contributed by atoms with Crippen molar-refractivity contribution in [3.63, 3.8) is 0 Å². The average molecular weight is 272 g/mol. The van der Waals surface area contributed by atoms with Crippen molar-refractivity contribution in [3.8, 4) is 0 Å². The Morgan fingerprint density at radius 2 is 2.29 bits per heavy atom. The number of halogens is 1. The SMILES string of the molecule is CCCN(C1CC1)C(C)C(=O)c1ccc(Cl)s1. The molecule has 4 heteroatoms. The molecule has 1 atom stereocenters. The van der Waals surface area contributed by atoms with Crippen LogP contribution in [0.4, 0.5) is 0 Å². The topological polar surface area (TPSA) is 20.3 Å². The van der Waals surface area contributed by atoms with Crippen LogP contribution in [0.2, 0.25) is 4.34 Å². The number of carbonyl (C=O) groups excluding carboxylic acids is 1. The Morgan fingerprint density at radius 3 is 2.76 bits per heavy atom. The van der Waals surface area contributed by atoms with Gasteiger partial charge < -0.3 is 0 Å². The van der Waals surface area contributed by atoms with Gasteiger partial charge in [0.25, 0.3) is 0 Å². The van der Waals surface area contributed by atoms with Crippen LogP contribution >= 0.6 is 22.9 Å². The maximum atomic E-state index is 12.3. The molecule has 1 aromatic rings. The molecule has 2 nitrogen and oxygen atoms in total. The Kier molecular flexibility index (Phi) is 4.23. The largest absolute Gasteiger partial charge is 0.291 e. The lowest BCUT2D eigenvalue weighted by molar-refractivity contribution is 0.0830. The quantitative estimate of drug-likeness (QED) is 0.733. The molecule has 94 valence electrons. The molecule has 1 fully saturated rings. The van der Waals surface area contributed by atoms with Crippen molar-refractivity contribution in [1.82, 2.24) is 4.90 Å². The van der Waals surface area contributed by atoms with Gasteiger partial charge in [-0.15, -0.1) is 11.3 Å². The summed E-state index contributed by atoms with van der Waals surface area (Å²) in [7, 11) is 0. The molecule has 0 bridgehead atoms. The molecule has 0 N–H and O–H groups in total. The molecule has 0 spiro atoms. The Morgan fingerprint density at radius 1 is 1.59 bits per heavy atom. The number of rotatable bonds is 6. The van der Waals surface area contributed by atoms with E-state index in [1.54, 1.807) is 6.07 Å². The van der Waals surface area contributed by atoms with Gasteiger partial charge in [0.05, 0.1) is 15.3 Å². The zero-order chi connectivity index (χ0) is 12.4. The molecule has 2 rings (SSSR count). The Bertz CT molecular complexity index is 400. The highest BCUT2D eigenvalue weighted by Crippen LogP contribution is 2.31. The standard InChI is InChI=1S/C13H18ClNOS/c1-3-8-15(10-4-5-10)9(2)13(16)11-6-7-12(14)17-11/h6-7,9-10H,3-5,8H2,1-2H3. The normalized spacial score (nSPS) is 17.4. The van der Waals surface area contributed by atoms with Crippen molar-refractivity contribution in [2.75, 3.05) is 6.54 Å². The smallest absolute Gasteiger partial charge is 0.189 e. The van der Waals surface area contributed by atoms with Gasteiger partial charge >= 0.3 is 0 Å². The maximum absolute atomic E-state index is 12.3. The maximum Gasteiger partial charge on any atom is 0.189 e. The minimum absolute atomic E-state index is 0.0165. The van der Waals surface area contributed by atoms with Crippen molar-refractivity contribution in [1.29, 1.82) is 0 Å². The number of Topliss-reactive ketones (excluding diaryl/α,β-unsaturated/α-hetero) is 1. The van der Waals surface area contributed by atoms with E-state index in [0.29, 0.717) is 10.4 Å². The third-order valence-electron chi connectivity index (χ3n) is 3.19. The van der Waals surface area contributed by atoms with E-state index in [2.05, 4.69) is 11.8 Å². The first-order valence-electron chi connectivity index (χ1n) is 6.18. The monoisotopic (exact) mass is 271 g/mol. The fourth-order valence-corrected chi connectivity index (χ4v) is 3.23. The van der Waals surface area contributed by atoms with Gasteiger partial charge in [-0.05, 0) is 44.9 Å². The summed E-state index contributed by atoms with van der Waals surface area (Å²) in [6, 6.07) is 4.25. The predicted octanol–water partition coefficient (Wildman–Crippen LogP) is 3.85. The molecule has 1 aromatic heterocycles. The van der Waals surface area contributed by atoms with E-state index in [0.717, 1.165) is 17.8 Å². The van der Waals surface area contributed by atoms with Crippen LogP contribution in [0.15, 0.2) is 12.1 Å². The van der Waals surface area contributed by atoms with E-state index in [1.165, 1.54) is 24.2 Å². The first-order valence-corrected chi connectivity index (χ1v) is 7.38. The van der Waals surface area contributed by atoms with Gasteiger partial charge in [0, 0.05) is 6.04 Å². The van der Waals surface area contributed by atoms with Gasteiger partial charge in [0.1, 0.15) is 0 Å². The number of thiophene rings is 1. The number of hydrogen-bond donors (Lipinski definition) is 0. The molecule has 1 aliphatic carbocycles. The first-order chi connectivity index (χ1) is 8.13. The molecule has 0 aliphatic heterocycles. The molecule has 1 unspecified atom stereocenters. The van der Waals surface area contributed by atoms with Crippen LogP contribution in [0.25, 0.3) is 0 Å². The molecule has 0 radical (unpaired) electrons. The van der Waals surface area contributed by atoms with Gasteiger partial charge in [-0.3, -0.25) is 9.69 Å². The lowest BCUT2D eigenvalue weighted by Crippen LogP contribution is -2.40. The second kappa shape index (κ2) is 5.51. The molecule has 1 heterocycles. The van der Waals surface area contributed by atoms with Crippen LogP contribution in [0, 0.1) is 0 Å². The Hall–Kier alpha value is -0.380. The van der Waals surface area contributed by atoms with Crippen LogP contribution in [-0.4, -0.2) is 29.3 Å². The zero-order valence-electron chi connectivity index (χ0n) is 10.3.